The number of H-pyrrole nitrogens is 1. The molecule has 0 atom stereocenters. The molecular formula is C12H14N6O3S. The van der Waals surface area contributed by atoms with Gasteiger partial charge in [0, 0.05) is 25.0 Å². The van der Waals surface area contributed by atoms with Crippen LogP contribution in [0, 0.1) is 10.1 Å². The highest BCUT2D eigenvalue weighted by molar-refractivity contribution is 7.99. The first-order chi connectivity index (χ1) is 10.7. The minimum atomic E-state index is -0.448. The Morgan fingerprint density at radius 3 is 2.95 bits per heavy atom. The van der Waals surface area contributed by atoms with E-state index in [-0.39, 0.29) is 5.69 Å². The molecule has 116 valence electrons. The summed E-state index contributed by atoms with van der Waals surface area (Å²) in [5.41, 5.74) is 3.47. The molecule has 2 aromatic rings. The summed E-state index contributed by atoms with van der Waals surface area (Å²) in [7, 11) is 1.64. The fourth-order valence-corrected chi connectivity index (χ4v) is 2.13. The molecular weight excluding hydrogens is 308 g/mol. The average Bonchev–Trinajstić information content (AvgIpc) is 2.96. The van der Waals surface area contributed by atoms with Crippen LogP contribution < -0.4 is 5.43 Å². The van der Waals surface area contributed by atoms with Gasteiger partial charge in [-0.3, -0.25) is 10.1 Å². The van der Waals surface area contributed by atoms with Crippen LogP contribution in [0.2, 0.25) is 0 Å². The van der Waals surface area contributed by atoms with Gasteiger partial charge in [0.1, 0.15) is 0 Å². The number of methoxy groups -OCH3 is 1. The minimum Gasteiger partial charge on any atom is -0.384 e. The van der Waals surface area contributed by atoms with E-state index in [1.54, 1.807) is 19.2 Å². The maximum absolute atomic E-state index is 10.5. The van der Waals surface area contributed by atoms with Gasteiger partial charge in [-0.25, -0.2) is 10.5 Å². The van der Waals surface area contributed by atoms with E-state index in [2.05, 4.69) is 25.7 Å². The third-order valence-electron chi connectivity index (χ3n) is 2.47. The standard InChI is InChI=1S/C12H14N6O3S/c1-21-6-7-22-12-14-11(16-17-12)15-13-8-9-2-4-10(5-3-9)18(19)20/h2-5,8H,6-7H2,1H3,(H2,14,15,16,17)/b13-8-. The lowest BCUT2D eigenvalue weighted by atomic mass is 10.2. The SMILES string of the molecule is COCCSc1n[nH]c(N/N=C\c2ccc([N+](=O)[O-])cc2)n1. The van der Waals surface area contributed by atoms with Gasteiger partial charge in [0.25, 0.3) is 5.69 Å². The van der Waals surface area contributed by atoms with Crippen LogP contribution >= 0.6 is 11.8 Å². The lowest BCUT2D eigenvalue weighted by Crippen LogP contribution is -1.93. The van der Waals surface area contributed by atoms with Gasteiger partial charge in [-0.05, 0) is 17.7 Å². The van der Waals surface area contributed by atoms with Gasteiger partial charge in [0.2, 0.25) is 11.1 Å². The predicted octanol–water partition coefficient (Wildman–Crippen LogP) is 1.90. The van der Waals surface area contributed by atoms with Crippen LogP contribution in [0.4, 0.5) is 11.6 Å². The molecule has 0 saturated carbocycles. The number of thioether (sulfide) groups is 1. The lowest BCUT2D eigenvalue weighted by Gasteiger charge is -1.95. The number of hydrogen-bond acceptors (Lipinski definition) is 8. The Hall–Kier alpha value is -2.46. The first-order valence-corrected chi connectivity index (χ1v) is 7.25. The Bertz CT molecular complexity index is 643. The largest absolute Gasteiger partial charge is 0.384 e. The van der Waals surface area contributed by atoms with E-state index < -0.39 is 4.92 Å². The van der Waals surface area contributed by atoms with Crippen LogP contribution in [0.1, 0.15) is 5.56 Å². The number of benzene rings is 1. The van der Waals surface area contributed by atoms with Crippen molar-refractivity contribution in [1.82, 2.24) is 15.2 Å². The van der Waals surface area contributed by atoms with Gasteiger partial charge >= 0.3 is 0 Å². The zero-order valence-electron chi connectivity index (χ0n) is 11.7. The zero-order chi connectivity index (χ0) is 15.8. The highest BCUT2D eigenvalue weighted by atomic mass is 32.2. The Labute approximate surface area is 130 Å². The number of anilines is 1. The number of nitro groups is 1. The number of rotatable bonds is 8. The fourth-order valence-electron chi connectivity index (χ4n) is 1.43. The Morgan fingerprint density at radius 2 is 2.27 bits per heavy atom. The number of nitrogens with one attached hydrogen (secondary N) is 2. The molecule has 2 N–H and O–H groups in total. The summed E-state index contributed by atoms with van der Waals surface area (Å²) in [6.07, 6.45) is 1.53. The third kappa shape index (κ3) is 4.82. The molecule has 0 saturated heterocycles. The van der Waals surface area contributed by atoms with E-state index in [0.29, 0.717) is 17.7 Å². The first-order valence-electron chi connectivity index (χ1n) is 6.26. The molecule has 0 aliphatic heterocycles. The summed E-state index contributed by atoms with van der Waals surface area (Å²) in [6, 6.07) is 6.05. The van der Waals surface area contributed by atoms with Crippen molar-refractivity contribution in [3.05, 3.63) is 39.9 Å². The second-order valence-corrected chi connectivity index (χ2v) is 5.09. The topological polar surface area (TPSA) is 118 Å². The molecule has 0 aliphatic carbocycles. The third-order valence-corrected chi connectivity index (χ3v) is 3.28. The highest BCUT2D eigenvalue weighted by Crippen LogP contribution is 2.13. The maximum Gasteiger partial charge on any atom is 0.269 e. The van der Waals surface area contributed by atoms with Crippen LogP contribution in [0.15, 0.2) is 34.5 Å². The van der Waals surface area contributed by atoms with Crippen LogP contribution in [-0.4, -0.2) is 45.8 Å². The molecule has 1 aromatic carbocycles. The molecule has 0 aliphatic rings. The lowest BCUT2D eigenvalue weighted by molar-refractivity contribution is -0.384. The molecule has 0 unspecified atom stereocenters. The van der Waals surface area contributed by atoms with Crippen molar-refractivity contribution in [3.63, 3.8) is 0 Å². The number of ether oxygens (including phenoxy) is 1. The van der Waals surface area contributed by atoms with Gasteiger partial charge < -0.3 is 4.74 Å². The number of hydrogen-bond donors (Lipinski definition) is 2. The van der Waals surface area contributed by atoms with E-state index in [1.165, 1.54) is 30.1 Å². The van der Waals surface area contributed by atoms with Gasteiger partial charge in [0.05, 0.1) is 17.7 Å². The smallest absolute Gasteiger partial charge is 0.269 e. The van der Waals surface area contributed by atoms with Gasteiger partial charge in [-0.15, -0.1) is 5.10 Å². The molecule has 0 amide bonds. The van der Waals surface area contributed by atoms with Crippen LogP contribution in [0.25, 0.3) is 0 Å². The van der Waals surface area contributed by atoms with Crippen molar-refractivity contribution in [2.45, 2.75) is 5.16 Å². The summed E-state index contributed by atoms with van der Waals surface area (Å²) in [5.74, 6) is 1.18. The van der Waals surface area contributed by atoms with Crippen LogP contribution in [0.5, 0.6) is 0 Å². The molecule has 1 heterocycles. The summed E-state index contributed by atoms with van der Waals surface area (Å²) in [6.45, 7) is 0.625. The quantitative estimate of drug-likeness (QED) is 0.250. The molecule has 0 spiro atoms. The molecule has 1 aromatic heterocycles. The molecule has 9 nitrogen and oxygen atoms in total. The van der Waals surface area contributed by atoms with E-state index in [4.69, 9.17) is 4.74 Å². The summed E-state index contributed by atoms with van der Waals surface area (Å²) < 4.78 is 4.94. The van der Waals surface area contributed by atoms with Crippen molar-refractivity contribution >= 4 is 29.6 Å². The molecule has 0 radical (unpaired) electrons. The second-order valence-electron chi connectivity index (χ2n) is 4.03. The Morgan fingerprint density at radius 1 is 1.50 bits per heavy atom. The van der Waals surface area contributed by atoms with Crippen molar-refractivity contribution < 1.29 is 9.66 Å². The highest BCUT2D eigenvalue weighted by Gasteiger charge is 2.03. The van der Waals surface area contributed by atoms with Crippen molar-refractivity contribution in [1.29, 1.82) is 0 Å². The molecule has 22 heavy (non-hydrogen) atoms. The molecule has 10 heteroatoms. The van der Waals surface area contributed by atoms with E-state index >= 15 is 0 Å². The number of nitro benzene ring substituents is 1. The normalized spacial score (nSPS) is 11.0. The predicted molar refractivity (Wildman–Crippen MR) is 83.3 cm³/mol. The van der Waals surface area contributed by atoms with Gasteiger partial charge in [-0.2, -0.15) is 10.1 Å². The Kier molecular flexibility index (Phi) is 5.86. The maximum atomic E-state index is 10.5. The minimum absolute atomic E-state index is 0.0399. The van der Waals surface area contributed by atoms with Crippen LogP contribution in [0.3, 0.4) is 0 Å². The average molecular weight is 322 g/mol. The summed E-state index contributed by atoms with van der Waals surface area (Å²) in [4.78, 5) is 14.3. The zero-order valence-corrected chi connectivity index (χ0v) is 12.5. The molecule has 2 rings (SSSR count). The Balaban J connectivity index is 1.85. The monoisotopic (exact) mass is 322 g/mol. The van der Waals surface area contributed by atoms with Gasteiger partial charge in [-0.1, -0.05) is 11.8 Å². The van der Waals surface area contributed by atoms with Crippen LogP contribution in [-0.2, 0) is 4.74 Å². The number of aromatic nitrogens is 3. The molecule has 0 fully saturated rings. The number of aromatic amines is 1. The van der Waals surface area contributed by atoms with Gasteiger partial charge in [0.15, 0.2) is 0 Å². The first kappa shape index (κ1) is 15.9. The number of hydrazone groups is 1. The van der Waals surface area contributed by atoms with Crippen molar-refractivity contribution in [2.75, 3.05) is 24.9 Å². The van der Waals surface area contributed by atoms with E-state index in [1.807, 2.05) is 0 Å². The summed E-state index contributed by atoms with van der Waals surface area (Å²) in [5, 5.41) is 21.8. The molecule has 0 bridgehead atoms. The number of nitrogens with zero attached hydrogens (tertiary/aromatic N) is 4. The second kappa shape index (κ2) is 8.10. The van der Waals surface area contributed by atoms with E-state index in [0.717, 1.165) is 11.3 Å². The van der Waals surface area contributed by atoms with Crippen molar-refractivity contribution in [3.8, 4) is 0 Å². The number of non-ortho nitro benzene ring substituents is 1. The van der Waals surface area contributed by atoms with Crippen molar-refractivity contribution in [2.24, 2.45) is 5.10 Å². The summed E-state index contributed by atoms with van der Waals surface area (Å²) >= 11 is 1.47. The van der Waals surface area contributed by atoms with E-state index in [9.17, 15) is 10.1 Å². The fraction of sp³-hybridized carbons (Fsp3) is 0.250.